The zero-order valence-electron chi connectivity index (χ0n) is 30.4. The SMILES string of the molecule is Cc1cc(/C=C/C(=O)N2CCN(Cc3ccc(CCOc4ccc(C(C)C)cc4)cc3)CC2)cc(Cl)c1Oc1ccc(OCc2cccnc2)cn1.Cl. The number of ether oxygens (including phenoxy) is 3. The molecule has 0 radical (unpaired) electrons. The van der Waals surface area contributed by atoms with Gasteiger partial charge in [-0.3, -0.25) is 14.7 Å². The molecule has 0 unspecified atom stereocenters. The van der Waals surface area contributed by atoms with Crippen LogP contribution in [0.2, 0.25) is 5.02 Å². The Kier molecular flexibility index (Phi) is 14.3. The quantitative estimate of drug-likeness (QED) is 0.105. The summed E-state index contributed by atoms with van der Waals surface area (Å²) < 4.78 is 17.8. The number of aromatic nitrogens is 2. The van der Waals surface area contributed by atoms with Crippen LogP contribution in [-0.4, -0.2) is 58.5 Å². The average molecular weight is 754 g/mol. The molecule has 3 aromatic carbocycles. The number of piperazine rings is 1. The lowest BCUT2D eigenvalue weighted by Gasteiger charge is -2.34. The lowest BCUT2D eigenvalue weighted by Crippen LogP contribution is -2.47. The number of aryl methyl sites for hydroxylation is 1. The molecule has 2 aromatic heterocycles. The van der Waals surface area contributed by atoms with Gasteiger partial charge < -0.3 is 19.1 Å². The zero-order valence-corrected chi connectivity index (χ0v) is 32.0. The molecule has 1 aliphatic heterocycles. The summed E-state index contributed by atoms with van der Waals surface area (Å²) in [6.45, 7) is 11.2. The normalized spacial score (nSPS) is 13.2. The third-order valence-corrected chi connectivity index (χ3v) is 9.31. The summed E-state index contributed by atoms with van der Waals surface area (Å²) in [5.41, 5.74) is 6.48. The van der Waals surface area contributed by atoms with E-state index in [0.717, 1.165) is 48.5 Å². The molecule has 1 aliphatic rings. The van der Waals surface area contributed by atoms with Gasteiger partial charge in [-0.2, -0.15) is 0 Å². The van der Waals surface area contributed by atoms with E-state index in [1.54, 1.807) is 48.9 Å². The standard InChI is InChI=1S/C43H45ClN4O4.ClH/c1-31(2)37-11-13-38(14-12-37)50-24-18-33-6-8-34(9-7-33)29-47-20-22-48(23-21-47)42(49)17-10-35-25-32(3)43(40(44)26-35)52-41-16-15-39(28-46-41)51-30-36-5-4-19-45-27-36;/h4-17,19,25-28,31H,18,20-24,29-30H2,1-3H3;1H/b17-10+;. The van der Waals surface area contributed by atoms with Gasteiger partial charge in [0.05, 0.1) is 17.8 Å². The summed E-state index contributed by atoms with van der Waals surface area (Å²) in [7, 11) is 0. The van der Waals surface area contributed by atoms with Gasteiger partial charge in [-0.05, 0) is 83.1 Å². The molecule has 276 valence electrons. The van der Waals surface area contributed by atoms with Gasteiger partial charge in [-0.25, -0.2) is 4.98 Å². The Labute approximate surface area is 323 Å². The Bertz CT molecular complexity index is 1910. The summed E-state index contributed by atoms with van der Waals surface area (Å²) in [6.07, 6.45) is 9.39. The van der Waals surface area contributed by atoms with Gasteiger partial charge in [0, 0.05) is 69.2 Å². The minimum atomic E-state index is -0.00813. The molecule has 6 rings (SSSR count). The maximum atomic E-state index is 13.1. The second kappa shape index (κ2) is 19.3. The number of benzene rings is 3. The van der Waals surface area contributed by atoms with E-state index in [2.05, 4.69) is 77.2 Å². The highest BCUT2D eigenvalue weighted by atomic mass is 35.5. The van der Waals surface area contributed by atoms with Crippen LogP contribution in [0, 0.1) is 6.92 Å². The molecule has 1 saturated heterocycles. The summed E-state index contributed by atoms with van der Waals surface area (Å²) >= 11 is 6.62. The fourth-order valence-electron chi connectivity index (χ4n) is 5.95. The van der Waals surface area contributed by atoms with E-state index in [4.69, 9.17) is 25.8 Å². The molecular formula is C43H46Cl2N4O4. The van der Waals surface area contributed by atoms with Crippen molar-refractivity contribution in [1.29, 1.82) is 0 Å². The van der Waals surface area contributed by atoms with Crippen molar-refractivity contribution >= 4 is 36.0 Å². The summed E-state index contributed by atoms with van der Waals surface area (Å²) in [4.78, 5) is 25.8. The molecule has 3 heterocycles. The van der Waals surface area contributed by atoms with Crippen LogP contribution < -0.4 is 14.2 Å². The second-order valence-electron chi connectivity index (χ2n) is 13.3. The molecule has 1 amide bonds. The maximum Gasteiger partial charge on any atom is 0.246 e. The number of nitrogens with zero attached hydrogens (tertiary/aromatic N) is 4. The molecule has 0 bridgehead atoms. The van der Waals surface area contributed by atoms with E-state index in [1.165, 1.54) is 16.7 Å². The van der Waals surface area contributed by atoms with Gasteiger partial charge in [0.15, 0.2) is 5.75 Å². The summed E-state index contributed by atoms with van der Waals surface area (Å²) in [5, 5.41) is 0.438. The maximum absolute atomic E-state index is 13.1. The van der Waals surface area contributed by atoms with Crippen molar-refractivity contribution in [1.82, 2.24) is 19.8 Å². The van der Waals surface area contributed by atoms with Crippen molar-refractivity contribution < 1.29 is 19.0 Å². The zero-order chi connectivity index (χ0) is 36.3. The fourth-order valence-corrected chi connectivity index (χ4v) is 6.27. The smallest absolute Gasteiger partial charge is 0.246 e. The predicted octanol–water partition coefficient (Wildman–Crippen LogP) is 9.33. The van der Waals surface area contributed by atoms with Crippen molar-refractivity contribution in [2.24, 2.45) is 0 Å². The van der Waals surface area contributed by atoms with Crippen LogP contribution in [-0.2, 0) is 24.4 Å². The van der Waals surface area contributed by atoms with Gasteiger partial charge in [0.25, 0.3) is 0 Å². The lowest BCUT2D eigenvalue weighted by molar-refractivity contribution is -0.127. The molecule has 10 heteroatoms. The van der Waals surface area contributed by atoms with E-state index in [9.17, 15) is 4.79 Å². The minimum absolute atomic E-state index is 0. The van der Waals surface area contributed by atoms with Gasteiger partial charge in [0.1, 0.15) is 18.1 Å². The number of hydrogen-bond donors (Lipinski definition) is 0. The number of rotatable bonds is 14. The Morgan fingerprint density at radius 3 is 2.26 bits per heavy atom. The first-order chi connectivity index (χ1) is 25.3. The Morgan fingerprint density at radius 2 is 1.60 bits per heavy atom. The van der Waals surface area contributed by atoms with Gasteiger partial charge in [-0.15, -0.1) is 12.4 Å². The summed E-state index contributed by atoms with van der Waals surface area (Å²) in [6, 6.07) is 28.2. The number of amides is 1. The van der Waals surface area contributed by atoms with Gasteiger partial charge >= 0.3 is 0 Å². The predicted molar refractivity (Wildman–Crippen MR) is 213 cm³/mol. The molecule has 8 nitrogen and oxygen atoms in total. The number of carbonyl (C=O) groups is 1. The van der Waals surface area contributed by atoms with Crippen LogP contribution in [0.3, 0.4) is 0 Å². The third kappa shape index (κ3) is 11.5. The van der Waals surface area contributed by atoms with Crippen LogP contribution in [0.15, 0.2) is 110 Å². The Balaban J connectivity index is 0.00000541. The van der Waals surface area contributed by atoms with Crippen LogP contribution >= 0.6 is 24.0 Å². The van der Waals surface area contributed by atoms with Gasteiger partial charge in [0.2, 0.25) is 11.8 Å². The Morgan fingerprint density at radius 1 is 0.868 bits per heavy atom. The van der Waals surface area contributed by atoms with Crippen molar-refractivity contribution in [3.8, 4) is 23.1 Å². The van der Waals surface area contributed by atoms with Crippen molar-refractivity contribution in [3.05, 3.63) is 148 Å². The highest BCUT2D eigenvalue weighted by Gasteiger charge is 2.20. The molecule has 0 N–H and O–H groups in total. The van der Waals surface area contributed by atoms with Crippen LogP contribution in [0.25, 0.3) is 6.08 Å². The van der Waals surface area contributed by atoms with E-state index < -0.39 is 0 Å². The molecule has 1 fully saturated rings. The van der Waals surface area contributed by atoms with Crippen molar-refractivity contribution in [2.75, 3.05) is 32.8 Å². The first-order valence-corrected chi connectivity index (χ1v) is 18.1. The Hall–Kier alpha value is -4.89. The average Bonchev–Trinajstić information content (AvgIpc) is 3.16. The number of halogens is 2. The number of pyridine rings is 2. The van der Waals surface area contributed by atoms with E-state index in [1.807, 2.05) is 30.0 Å². The molecule has 53 heavy (non-hydrogen) atoms. The largest absolute Gasteiger partial charge is 0.493 e. The number of hydrogen-bond acceptors (Lipinski definition) is 7. The fraction of sp³-hybridized carbons (Fsp3) is 0.279. The number of carbonyl (C=O) groups excluding carboxylic acids is 1. The van der Waals surface area contributed by atoms with E-state index >= 15 is 0 Å². The highest BCUT2D eigenvalue weighted by Crippen LogP contribution is 2.34. The summed E-state index contributed by atoms with van der Waals surface area (Å²) in [5.74, 6) is 2.96. The molecular weight excluding hydrogens is 707 g/mol. The van der Waals surface area contributed by atoms with E-state index in [0.29, 0.717) is 54.6 Å². The molecule has 0 aliphatic carbocycles. The van der Waals surface area contributed by atoms with Crippen molar-refractivity contribution in [2.45, 2.75) is 46.3 Å². The molecule has 5 aromatic rings. The first kappa shape index (κ1) is 39.3. The lowest BCUT2D eigenvalue weighted by atomic mass is 10.0. The molecule has 0 saturated carbocycles. The van der Waals surface area contributed by atoms with Gasteiger partial charge in [-0.1, -0.05) is 67.9 Å². The van der Waals surface area contributed by atoms with Crippen LogP contribution in [0.4, 0.5) is 0 Å². The van der Waals surface area contributed by atoms with Crippen LogP contribution in [0.1, 0.15) is 53.1 Å². The van der Waals surface area contributed by atoms with E-state index in [-0.39, 0.29) is 18.3 Å². The minimum Gasteiger partial charge on any atom is -0.493 e. The molecule has 0 atom stereocenters. The third-order valence-electron chi connectivity index (χ3n) is 9.03. The topological polar surface area (TPSA) is 77.0 Å². The van der Waals surface area contributed by atoms with Crippen LogP contribution in [0.5, 0.6) is 23.1 Å². The first-order valence-electron chi connectivity index (χ1n) is 17.7. The van der Waals surface area contributed by atoms with Crippen molar-refractivity contribution in [3.63, 3.8) is 0 Å². The molecule has 0 spiro atoms. The monoisotopic (exact) mass is 752 g/mol. The highest BCUT2D eigenvalue weighted by molar-refractivity contribution is 6.32. The second-order valence-corrected chi connectivity index (χ2v) is 13.7.